The van der Waals surface area contributed by atoms with Crippen LogP contribution in [0, 0.1) is 6.92 Å². The normalized spacial score (nSPS) is 10.5. The second kappa shape index (κ2) is 7.95. The van der Waals surface area contributed by atoms with Gasteiger partial charge in [-0.15, -0.1) is 0 Å². The molecule has 0 atom stereocenters. The van der Waals surface area contributed by atoms with Crippen molar-refractivity contribution in [1.29, 1.82) is 0 Å². The summed E-state index contributed by atoms with van der Waals surface area (Å²) in [5, 5.41) is 2.89. The summed E-state index contributed by atoms with van der Waals surface area (Å²) in [5.41, 5.74) is 3.25. The SMILES string of the molecule is COc1cccc(-c2nc(CC(=O)Nc3ccc(N(C)C)cc3)c(C)o2)c1. The summed E-state index contributed by atoms with van der Waals surface area (Å²) >= 11 is 0. The van der Waals surface area contributed by atoms with Gasteiger partial charge in [-0.05, 0) is 49.4 Å². The molecule has 0 saturated carbocycles. The number of rotatable bonds is 6. The Morgan fingerprint density at radius 1 is 1.19 bits per heavy atom. The second-order valence-electron chi connectivity index (χ2n) is 6.42. The van der Waals surface area contributed by atoms with Crippen molar-refractivity contribution < 1.29 is 13.9 Å². The molecule has 0 aliphatic rings. The lowest BCUT2D eigenvalue weighted by Gasteiger charge is -2.12. The maximum absolute atomic E-state index is 12.4. The quantitative estimate of drug-likeness (QED) is 0.717. The summed E-state index contributed by atoms with van der Waals surface area (Å²) in [6.45, 7) is 1.81. The van der Waals surface area contributed by atoms with Crippen LogP contribution in [0.4, 0.5) is 11.4 Å². The van der Waals surface area contributed by atoms with E-state index in [2.05, 4.69) is 10.3 Å². The minimum Gasteiger partial charge on any atom is -0.497 e. The van der Waals surface area contributed by atoms with E-state index in [4.69, 9.17) is 9.15 Å². The number of nitrogens with zero attached hydrogens (tertiary/aromatic N) is 2. The summed E-state index contributed by atoms with van der Waals surface area (Å²) in [7, 11) is 5.56. The van der Waals surface area contributed by atoms with Gasteiger partial charge in [0, 0.05) is 31.0 Å². The van der Waals surface area contributed by atoms with Gasteiger partial charge < -0.3 is 19.4 Å². The number of anilines is 2. The number of ether oxygens (including phenoxy) is 1. The van der Waals surface area contributed by atoms with Crippen LogP contribution in [0.15, 0.2) is 52.9 Å². The fourth-order valence-corrected chi connectivity index (χ4v) is 2.67. The Bertz CT molecular complexity index is 930. The number of hydrogen-bond donors (Lipinski definition) is 1. The Morgan fingerprint density at radius 3 is 2.59 bits per heavy atom. The molecular formula is C21H23N3O3. The van der Waals surface area contributed by atoms with Gasteiger partial charge in [0.2, 0.25) is 11.8 Å². The summed E-state index contributed by atoms with van der Waals surface area (Å²) in [6.07, 6.45) is 0.148. The minimum absolute atomic E-state index is 0.138. The Balaban J connectivity index is 1.70. The van der Waals surface area contributed by atoms with E-state index in [-0.39, 0.29) is 12.3 Å². The molecule has 0 spiro atoms. The van der Waals surface area contributed by atoms with Crippen LogP contribution in [0.1, 0.15) is 11.5 Å². The zero-order chi connectivity index (χ0) is 19.4. The number of aromatic nitrogens is 1. The summed E-state index contributed by atoms with van der Waals surface area (Å²) < 4.78 is 11.0. The van der Waals surface area contributed by atoms with Gasteiger partial charge in [0.25, 0.3) is 0 Å². The van der Waals surface area contributed by atoms with Crippen molar-refractivity contribution in [3.8, 4) is 17.2 Å². The van der Waals surface area contributed by atoms with E-state index in [9.17, 15) is 4.79 Å². The summed E-state index contributed by atoms with van der Waals surface area (Å²) in [5.74, 6) is 1.69. The van der Waals surface area contributed by atoms with Crippen molar-refractivity contribution in [3.05, 3.63) is 60.0 Å². The fraction of sp³-hybridized carbons (Fsp3) is 0.238. The number of methoxy groups -OCH3 is 1. The monoisotopic (exact) mass is 365 g/mol. The molecule has 6 heteroatoms. The van der Waals surface area contributed by atoms with Gasteiger partial charge in [-0.3, -0.25) is 4.79 Å². The van der Waals surface area contributed by atoms with Crippen LogP contribution in [-0.4, -0.2) is 32.1 Å². The van der Waals surface area contributed by atoms with Crippen LogP contribution in [0.5, 0.6) is 5.75 Å². The van der Waals surface area contributed by atoms with E-state index in [0.29, 0.717) is 17.3 Å². The van der Waals surface area contributed by atoms with Gasteiger partial charge in [-0.25, -0.2) is 4.98 Å². The lowest BCUT2D eigenvalue weighted by molar-refractivity contribution is -0.115. The maximum Gasteiger partial charge on any atom is 0.230 e. The molecule has 1 heterocycles. The van der Waals surface area contributed by atoms with Crippen LogP contribution in [0.3, 0.4) is 0 Å². The third-order valence-electron chi connectivity index (χ3n) is 4.20. The lowest BCUT2D eigenvalue weighted by Crippen LogP contribution is -2.15. The first-order valence-corrected chi connectivity index (χ1v) is 8.64. The number of oxazole rings is 1. The highest BCUT2D eigenvalue weighted by Gasteiger charge is 2.15. The van der Waals surface area contributed by atoms with Crippen LogP contribution in [0.2, 0.25) is 0 Å². The topological polar surface area (TPSA) is 67.6 Å². The molecule has 1 amide bonds. The van der Waals surface area contributed by atoms with E-state index < -0.39 is 0 Å². The van der Waals surface area contributed by atoms with E-state index in [0.717, 1.165) is 22.7 Å². The third kappa shape index (κ3) is 4.47. The molecule has 0 aliphatic heterocycles. The van der Waals surface area contributed by atoms with Gasteiger partial charge >= 0.3 is 0 Å². The second-order valence-corrected chi connectivity index (χ2v) is 6.42. The molecular weight excluding hydrogens is 342 g/mol. The van der Waals surface area contributed by atoms with Gasteiger partial charge in [0.1, 0.15) is 11.5 Å². The maximum atomic E-state index is 12.4. The van der Waals surface area contributed by atoms with Gasteiger partial charge in [0.05, 0.1) is 19.2 Å². The summed E-state index contributed by atoms with van der Waals surface area (Å²) in [6, 6.07) is 15.1. The van der Waals surface area contributed by atoms with Gasteiger partial charge in [0.15, 0.2) is 0 Å². The Kier molecular flexibility index (Phi) is 5.45. The summed E-state index contributed by atoms with van der Waals surface area (Å²) in [4.78, 5) is 18.9. The lowest BCUT2D eigenvalue weighted by atomic mass is 10.2. The van der Waals surface area contributed by atoms with Crippen molar-refractivity contribution in [1.82, 2.24) is 4.98 Å². The molecule has 3 rings (SSSR count). The molecule has 2 aromatic carbocycles. The highest BCUT2D eigenvalue weighted by Crippen LogP contribution is 2.25. The van der Waals surface area contributed by atoms with E-state index in [1.54, 1.807) is 7.11 Å². The van der Waals surface area contributed by atoms with E-state index in [1.165, 1.54) is 0 Å². The minimum atomic E-state index is -0.138. The number of hydrogen-bond acceptors (Lipinski definition) is 5. The molecule has 0 bridgehead atoms. The molecule has 0 aliphatic carbocycles. The number of nitrogens with one attached hydrogen (secondary N) is 1. The largest absolute Gasteiger partial charge is 0.497 e. The molecule has 27 heavy (non-hydrogen) atoms. The molecule has 1 aromatic heterocycles. The van der Waals surface area contributed by atoms with Gasteiger partial charge in [-0.2, -0.15) is 0 Å². The number of carbonyl (C=O) groups excluding carboxylic acids is 1. The number of benzene rings is 2. The van der Waals surface area contributed by atoms with Crippen molar-refractivity contribution >= 4 is 17.3 Å². The Labute approximate surface area is 158 Å². The average Bonchev–Trinajstić information content (AvgIpc) is 3.02. The first-order chi connectivity index (χ1) is 13.0. The smallest absolute Gasteiger partial charge is 0.230 e. The Hall–Kier alpha value is -3.28. The van der Waals surface area contributed by atoms with Gasteiger partial charge in [-0.1, -0.05) is 6.07 Å². The number of aryl methyl sites for hydroxylation is 1. The molecule has 0 unspecified atom stereocenters. The predicted molar refractivity (Wildman–Crippen MR) is 106 cm³/mol. The Morgan fingerprint density at radius 2 is 1.93 bits per heavy atom. The number of amides is 1. The molecule has 0 radical (unpaired) electrons. The molecule has 0 saturated heterocycles. The standard InChI is InChI=1S/C21H23N3O3/c1-14-19(23-21(27-14)15-6-5-7-18(12-15)26-4)13-20(25)22-16-8-10-17(11-9-16)24(2)3/h5-12H,13H2,1-4H3,(H,22,25). The molecule has 3 aromatic rings. The van der Waals surface area contributed by atoms with Crippen molar-refractivity contribution in [3.63, 3.8) is 0 Å². The van der Waals surface area contributed by atoms with Crippen molar-refractivity contribution in [2.45, 2.75) is 13.3 Å². The predicted octanol–water partition coefficient (Wildman–Crippen LogP) is 3.91. The highest BCUT2D eigenvalue weighted by molar-refractivity contribution is 5.92. The van der Waals surface area contributed by atoms with Crippen molar-refractivity contribution in [2.75, 3.05) is 31.4 Å². The third-order valence-corrected chi connectivity index (χ3v) is 4.20. The van der Waals surface area contributed by atoms with Crippen LogP contribution in [0.25, 0.3) is 11.5 Å². The zero-order valence-corrected chi connectivity index (χ0v) is 15.9. The fourth-order valence-electron chi connectivity index (χ4n) is 2.67. The molecule has 0 fully saturated rings. The molecule has 6 nitrogen and oxygen atoms in total. The first kappa shape index (κ1) is 18.5. The average molecular weight is 365 g/mol. The van der Waals surface area contributed by atoms with Crippen LogP contribution in [-0.2, 0) is 11.2 Å². The molecule has 140 valence electrons. The molecule has 1 N–H and O–H groups in total. The van der Waals surface area contributed by atoms with Crippen LogP contribution < -0.4 is 15.0 Å². The van der Waals surface area contributed by atoms with E-state index in [1.807, 2.05) is 74.4 Å². The highest BCUT2D eigenvalue weighted by atomic mass is 16.5. The first-order valence-electron chi connectivity index (χ1n) is 8.64. The van der Waals surface area contributed by atoms with E-state index >= 15 is 0 Å². The number of carbonyl (C=O) groups is 1. The zero-order valence-electron chi connectivity index (χ0n) is 15.9. The van der Waals surface area contributed by atoms with Crippen molar-refractivity contribution in [2.24, 2.45) is 0 Å². The van der Waals surface area contributed by atoms with Crippen LogP contribution >= 0.6 is 0 Å².